The van der Waals surface area contributed by atoms with Crippen LogP contribution in [-0.4, -0.2) is 26.0 Å². The normalized spacial score (nSPS) is 20.5. The molecule has 0 bridgehead atoms. The molecule has 0 amide bonds. The van der Waals surface area contributed by atoms with Gasteiger partial charge in [-0.05, 0) is 23.9 Å². The Morgan fingerprint density at radius 3 is 2.73 bits per heavy atom. The van der Waals surface area contributed by atoms with Crippen LogP contribution in [0.5, 0.6) is 5.75 Å². The van der Waals surface area contributed by atoms with Crippen LogP contribution in [-0.2, 0) is 4.79 Å². The zero-order valence-corrected chi connectivity index (χ0v) is 16.3. The molecular formula is C20H16N4O5S. The zero-order valence-electron chi connectivity index (χ0n) is 15.5. The highest BCUT2D eigenvalue weighted by atomic mass is 32.1. The van der Waals surface area contributed by atoms with Crippen LogP contribution >= 0.6 is 11.3 Å². The van der Waals surface area contributed by atoms with Crippen molar-refractivity contribution in [3.63, 3.8) is 0 Å². The van der Waals surface area contributed by atoms with Crippen LogP contribution in [0.1, 0.15) is 40.7 Å². The van der Waals surface area contributed by atoms with Gasteiger partial charge in [-0.3, -0.25) is 29.9 Å². The van der Waals surface area contributed by atoms with Crippen molar-refractivity contribution < 1.29 is 14.8 Å². The Hall–Kier alpha value is -3.66. The highest BCUT2D eigenvalue weighted by Gasteiger charge is 2.41. The van der Waals surface area contributed by atoms with Crippen molar-refractivity contribution >= 4 is 28.6 Å². The molecule has 5 rings (SSSR count). The Bertz CT molecular complexity index is 1270. The molecule has 30 heavy (non-hydrogen) atoms. The van der Waals surface area contributed by atoms with Crippen LogP contribution in [0.2, 0.25) is 0 Å². The molecule has 9 nitrogen and oxygen atoms in total. The number of aromatic hydroxyl groups is 1. The van der Waals surface area contributed by atoms with Crippen molar-refractivity contribution in [2.75, 3.05) is 5.32 Å². The number of Topliss-reactive ketones (excluding diaryl/α,β-unsaturated/α-hetero) is 1. The molecule has 1 aliphatic carbocycles. The third-order valence-corrected chi connectivity index (χ3v) is 6.69. The summed E-state index contributed by atoms with van der Waals surface area (Å²) in [4.78, 5) is 37.6. The summed E-state index contributed by atoms with van der Waals surface area (Å²) in [7, 11) is 0. The number of H-pyrrole nitrogens is 2. The van der Waals surface area contributed by atoms with E-state index in [-0.39, 0.29) is 40.7 Å². The Morgan fingerprint density at radius 2 is 2.00 bits per heavy atom. The first-order valence-corrected chi connectivity index (χ1v) is 10.2. The summed E-state index contributed by atoms with van der Waals surface area (Å²) in [5.41, 5.74) is 0.740. The van der Waals surface area contributed by atoms with Crippen molar-refractivity contribution in [3.8, 4) is 5.75 Å². The summed E-state index contributed by atoms with van der Waals surface area (Å²) >= 11 is 1.58. The second-order valence-corrected chi connectivity index (χ2v) is 8.34. The number of hydrogen-bond acceptors (Lipinski definition) is 7. The Morgan fingerprint density at radius 1 is 1.17 bits per heavy atom. The van der Waals surface area contributed by atoms with Gasteiger partial charge in [-0.1, -0.05) is 6.07 Å². The van der Waals surface area contributed by atoms with Crippen molar-refractivity contribution in [2.45, 2.75) is 24.7 Å². The largest absolute Gasteiger partial charge is 0.508 e. The van der Waals surface area contributed by atoms with Crippen LogP contribution in [0.4, 0.5) is 11.5 Å². The van der Waals surface area contributed by atoms with Crippen molar-refractivity contribution in [1.29, 1.82) is 0 Å². The molecule has 2 aromatic heterocycles. The van der Waals surface area contributed by atoms with Gasteiger partial charge in [-0.2, -0.15) is 0 Å². The number of rotatable bonds is 3. The average molecular weight is 424 g/mol. The maximum Gasteiger partial charge on any atom is 0.270 e. The number of phenols is 1. The molecule has 4 N–H and O–H groups in total. The highest BCUT2D eigenvalue weighted by molar-refractivity contribution is 7.10. The van der Waals surface area contributed by atoms with E-state index in [1.54, 1.807) is 11.3 Å². The number of nitrogens with one attached hydrogen (secondary N) is 3. The van der Waals surface area contributed by atoms with Crippen LogP contribution in [0.15, 0.2) is 51.8 Å². The number of aromatic nitrogens is 2. The second-order valence-electron chi connectivity index (χ2n) is 7.36. The molecule has 0 saturated carbocycles. The molecular weight excluding hydrogens is 408 g/mol. The van der Waals surface area contributed by atoms with Gasteiger partial charge < -0.3 is 10.4 Å². The topological polar surface area (TPSA) is 141 Å². The standard InChI is InChI=1S/C20H16N4O5S/c25-13-4-3-10(24(28)29)8-11(13)16-17-12(21-19-18(16)20(27)23-22-19)6-9(7-14(17)26)15-2-1-5-30-15/h1-5,8-9,16,25H,6-7H2,(H3,21,22,23,27). The minimum atomic E-state index is -0.900. The molecule has 10 heteroatoms. The second kappa shape index (κ2) is 6.70. The third-order valence-electron chi connectivity index (χ3n) is 5.65. The molecule has 1 aromatic carbocycles. The SMILES string of the molecule is O=C1CC(c2cccs2)CC2=C1C(c1cc([N+](=O)[O-])ccc1O)c1c([nH][nH]c1=O)N2. The lowest BCUT2D eigenvalue weighted by atomic mass is 9.73. The molecule has 0 fully saturated rings. The van der Waals surface area contributed by atoms with Gasteiger partial charge in [0.2, 0.25) is 0 Å². The number of nitro groups is 1. The average Bonchev–Trinajstić information content (AvgIpc) is 3.37. The number of anilines is 1. The maximum atomic E-state index is 13.3. The first kappa shape index (κ1) is 18.4. The highest BCUT2D eigenvalue weighted by Crippen LogP contribution is 2.49. The number of allylic oxidation sites excluding steroid dienone is 2. The van der Waals surface area contributed by atoms with E-state index in [1.807, 2.05) is 17.5 Å². The third kappa shape index (κ3) is 2.76. The molecule has 3 aromatic rings. The number of carbonyl (C=O) groups excluding carboxylic acids is 1. The maximum absolute atomic E-state index is 13.3. The number of fused-ring (bicyclic) bond motifs is 1. The lowest BCUT2D eigenvalue weighted by Gasteiger charge is -2.34. The van der Waals surface area contributed by atoms with Crippen LogP contribution in [0.25, 0.3) is 0 Å². The monoisotopic (exact) mass is 424 g/mol. The molecule has 1 aliphatic heterocycles. The zero-order chi connectivity index (χ0) is 21.0. The molecule has 2 atom stereocenters. The molecule has 152 valence electrons. The van der Waals surface area contributed by atoms with Gasteiger partial charge >= 0.3 is 0 Å². The minimum absolute atomic E-state index is 0.00956. The number of thiophene rings is 1. The van der Waals surface area contributed by atoms with Gasteiger partial charge in [-0.25, -0.2) is 0 Å². The number of nitro benzene ring substituents is 1. The van der Waals surface area contributed by atoms with Crippen molar-refractivity contribution in [2.24, 2.45) is 0 Å². The number of non-ortho nitro benzene ring substituents is 1. The Kier molecular flexibility index (Phi) is 4.10. The van der Waals surface area contributed by atoms with Gasteiger partial charge in [0.1, 0.15) is 11.6 Å². The van der Waals surface area contributed by atoms with Gasteiger partial charge in [0.25, 0.3) is 11.2 Å². The number of aromatic amines is 2. The van der Waals surface area contributed by atoms with Gasteiger partial charge in [0, 0.05) is 46.2 Å². The molecule has 0 saturated heterocycles. The number of nitrogens with zero attached hydrogens (tertiary/aromatic N) is 1. The van der Waals surface area contributed by atoms with E-state index in [0.717, 1.165) is 4.88 Å². The van der Waals surface area contributed by atoms with Crippen molar-refractivity contribution in [1.82, 2.24) is 10.2 Å². The molecule has 2 aliphatic rings. The molecule has 0 radical (unpaired) electrons. The van der Waals surface area contributed by atoms with Crippen LogP contribution in [0.3, 0.4) is 0 Å². The van der Waals surface area contributed by atoms with E-state index >= 15 is 0 Å². The van der Waals surface area contributed by atoms with Crippen molar-refractivity contribution in [3.05, 3.63) is 83.5 Å². The van der Waals surface area contributed by atoms with E-state index in [4.69, 9.17) is 0 Å². The first-order chi connectivity index (χ1) is 14.4. The fourth-order valence-corrected chi connectivity index (χ4v) is 5.17. The summed E-state index contributed by atoms with van der Waals surface area (Å²) in [6, 6.07) is 7.56. The van der Waals surface area contributed by atoms with Gasteiger partial charge in [-0.15, -0.1) is 11.3 Å². The molecule has 2 unspecified atom stereocenters. The quantitative estimate of drug-likeness (QED) is 0.375. The Balaban J connectivity index is 1.70. The predicted octanol–water partition coefficient (Wildman–Crippen LogP) is 3.34. The lowest BCUT2D eigenvalue weighted by molar-refractivity contribution is -0.384. The van der Waals surface area contributed by atoms with E-state index in [1.165, 1.54) is 18.2 Å². The summed E-state index contributed by atoms with van der Waals surface area (Å²) in [5.74, 6) is -0.851. The summed E-state index contributed by atoms with van der Waals surface area (Å²) < 4.78 is 0. The number of ketones is 1. The van der Waals surface area contributed by atoms with E-state index in [9.17, 15) is 24.8 Å². The predicted molar refractivity (Wildman–Crippen MR) is 110 cm³/mol. The van der Waals surface area contributed by atoms with Gasteiger partial charge in [0.05, 0.1) is 16.4 Å². The molecule has 3 heterocycles. The molecule has 0 spiro atoms. The van der Waals surface area contributed by atoms with E-state index in [0.29, 0.717) is 23.5 Å². The fourth-order valence-electron chi connectivity index (χ4n) is 4.34. The number of benzene rings is 1. The summed E-state index contributed by atoms with van der Waals surface area (Å²) in [5, 5.41) is 32.2. The van der Waals surface area contributed by atoms with Gasteiger partial charge in [0.15, 0.2) is 5.78 Å². The van der Waals surface area contributed by atoms with Crippen LogP contribution < -0.4 is 10.9 Å². The smallest absolute Gasteiger partial charge is 0.270 e. The number of carbonyl (C=O) groups is 1. The minimum Gasteiger partial charge on any atom is -0.508 e. The number of hydrogen-bond donors (Lipinski definition) is 4. The Labute approximate surface area is 173 Å². The van der Waals surface area contributed by atoms with E-state index < -0.39 is 16.4 Å². The van der Waals surface area contributed by atoms with Crippen LogP contribution in [0, 0.1) is 10.1 Å². The summed E-state index contributed by atoms with van der Waals surface area (Å²) in [6.07, 6.45) is 0.825. The lowest BCUT2D eigenvalue weighted by Crippen LogP contribution is -2.31. The fraction of sp³-hybridized carbons (Fsp3) is 0.200. The first-order valence-electron chi connectivity index (χ1n) is 9.28. The number of phenolic OH excluding ortho intramolecular Hbond substituents is 1. The van der Waals surface area contributed by atoms with E-state index in [2.05, 4.69) is 15.5 Å². The summed E-state index contributed by atoms with van der Waals surface area (Å²) in [6.45, 7) is 0.